The molecular formula is C20H25Cl2N3O3. The fourth-order valence-corrected chi connectivity index (χ4v) is 5.13. The van der Waals surface area contributed by atoms with Crippen LogP contribution in [-0.2, 0) is 9.59 Å². The highest BCUT2D eigenvalue weighted by Crippen LogP contribution is 2.60. The van der Waals surface area contributed by atoms with Crippen LogP contribution in [0.3, 0.4) is 0 Å². The van der Waals surface area contributed by atoms with Crippen molar-refractivity contribution in [1.82, 2.24) is 16.0 Å². The van der Waals surface area contributed by atoms with Crippen LogP contribution in [0.15, 0.2) is 18.2 Å². The molecule has 1 aromatic rings. The van der Waals surface area contributed by atoms with Crippen molar-refractivity contribution in [3.63, 3.8) is 0 Å². The summed E-state index contributed by atoms with van der Waals surface area (Å²) in [7, 11) is 0. The lowest BCUT2D eigenvalue weighted by Crippen LogP contribution is -2.84. The second-order valence-electron chi connectivity index (χ2n) is 8.54. The molecule has 4 fully saturated rings. The van der Waals surface area contributed by atoms with E-state index < -0.39 is 0 Å². The molecule has 3 N–H and O–H groups in total. The van der Waals surface area contributed by atoms with E-state index in [0.717, 1.165) is 38.6 Å². The molecule has 0 spiro atoms. The zero-order valence-electron chi connectivity index (χ0n) is 15.8. The predicted molar refractivity (Wildman–Crippen MR) is 108 cm³/mol. The smallest absolute Gasteiger partial charge is 0.258 e. The van der Waals surface area contributed by atoms with Crippen molar-refractivity contribution in [1.29, 1.82) is 0 Å². The quantitative estimate of drug-likeness (QED) is 0.654. The molecule has 1 aliphatic heterocycles. The summed E-state index contributed by atoms with van der Waals surface area (Å²) in [6.45, 7) is 2.94. The van der Waals surface area contributed by atoms with Gasteiger partial charge in [-0.1, -0.05) is 30.1 Å². The number of nitrogens with one attached hydrogen (secondary N) is 3. The zero-order valence-corrected chi connectivity index (χ0v) is 17.3. The summed E-state index contributed by atoms with van der Waals surface area (Å²) in [5, 5.41) is 10.4. The van der Waals surface area contributed by atoms with Gasteiger partial charge in [-0.15, -0.1) is 0 Å². The van der Waals surface area contributed by atoms with Gasteiger partial charge in [-0.2, -0.15) is 0 Å². The highest BCUT2D eigenvalue weighted by Gasteiger charge is 2.69. The van der Waals surface area contributed by atoms with E-state index in [-0.39, 0.29) is 35.5 Å². The van der Waals surface area contributed by atoms with E-state index in [4.69, 9.17) is 27.9 Å². The van der Waals surface area contributed by atoms with Gasteiger partial charge in [-0.25, -0.2) is 0 Å². The second-order valence-corrected chi connectivity index (χ2v) is 9.36. The SMILES string of the molecule is CC1CCCNC1C(=O)NC12CC(NC(=O)COc3ccc(Cl)c(Cl)c3)(C1)C2. The van der Waals surface area contributed by atoms with Gasteiger partial charge in [-0.05, 0) is 56.7 Å². The number of ether oxygens (including phenoxy) is 1. The molecule has 0 radical (unpaired) electrons. The number of benzene rings is 1. The number of halogens is 2. The summed E-state index contributed by atoms with van der Waals surface area (Å²) in [5.41, 5.74) is -0.343. The van der Waals surface area contributed by atoms with Gasteiger partial charge >= 0.3 is 0 Å². The number of piperidine rings is 1. The first-order chi connectivity index (χ1) is 13.3. The van der Waals surface area contributed by atoms with Crippen LogP contribution in [0.25, 0.3) is 0 Å². The molecule has 28 heavy (non-hydrogen) atoms. The van der Waals surface area contributed by atoms with Crippen molar-refractivity contribution in [2.75, 3.05) is 13.2 Å². The molecule has 152 valence electrons. The van der Waals surface area contributed by atoms with Crippen LogP contribution in [0.4, 0.5) is 0 Å². The average molecular weight is 426 g/mol. The van der Waals surface area contributed by atoms with Crippen LogP contribution < -0.4 is 20.7 Å². The van der Waals surface area contributed by atoms with Crippen molar-refractivity contribution in [3.8, 4) is 5.75 Å². The van der Waals surface area contributed by atoms with Gasteiger partial charge in [0.25, 0.3) is 5.91 Å². The molecule has 1 aromatic carbocycles. The molecular weight excluding hydrogens is 401 g/mol. The Bertz CT molecular complexity index is 781. The van der Waals surface area contributed by atoms with E-state index in [2.05, 4.69) is 22.9 Å². The minimum atomic E-state index is -0.197. The van der Waals surface area contributed by atoms with Crippen LogP contribution >= 0.6 is 23.2 Å². The fourth-order valence-electron chi connectivity index (χ4n) is 4.84. The monoisotopic (exact) mass is 425 g/mol. The van der Waals surface area contributed by atoms with Crippen LogP contribution in [0.5, 0.6) is 5.75 Å². The Morgan fingerprint density at radius 3 is 2.57 bits per heavy atom. The normalized spacial score (nSPS) is 33.2. The molecule has 8 heteroatoms. The van der Waals surface area contributed by atoms with Crippen LogP contribution in [0.1, 0.15) is 39.0 Å². The largest absolute Gasteiger partial charge is 0.484 e. The summed E-state index contributed by atoms with van der Waals surface area (Å²) >= 11 is 11.8. The molecule has 1 saturated heterocycles. The van der Waals surface area contributed by atoms with Crippen molar-refractivity contribution < 1.29 is 14.3 Å². The lowest BCUT2D eigenvalue weighted by molar-refractivity contribution is -0.152. The van der Waals surface area contributed by atoms with Gasteiger partial charge in [-0.3, -0.25) is 9.59 Å². The summed E-state index contributed by atoms with van der Waals surface area (Å²) in [6, 6.07) is 4.79. The van der Waals surface area contributed by atoms with E-state index in [1.807, 2.05) is 0 Å². The van der Waals surface area contributed by atoms with E-state index in [1.165, 1.54) is 0 Å². The molecule has 2 unspecified atom stereocenters. The molecule has 5 rings (SSSR count). The van der Waals surface area contributed by atoms with Gasteiger partial charge in [0, 0.05) is 17.1 Å². The number of rotatable bonds is 6. The Hall–Kier alpha value is -1.50. The molecule has 0 aromatic heterocycles. The van der Waals surface area contributed by atoms with Crippen LogP contribution in [0.2, 0.25) is 10.0 Å². The zero-order chi connectivity index (χ0) is 19.9. The molecule has 6 nitrogen and oxygen atoms in total. The third-order valence-corrected chi connectivity index (χ3v) is 6.88. The molecule has 3 saturated carbocycles. The Kier molecular flexibility index (Phi) is 5.23. The van der Waals surface area contributed by atoms with Crippen molar-refractivity contribution in [2.24, 2.45) is 5.92 Å². The maximum absolute atomic E-state index is 12.6. The van der Waals surface area contributed by atoms with E-state index in [1.54, 1.807) is 18.2 Å². The van der Waals surface area contributed by atoms with E-state index in [9.17, 15) is 9.59 Å². The standard InChI is InChI=1S/C20H25Cl2N3O3/c1-12-3-2-6-23-17(12)18(27)25-20-9-19(10-20,11-20)24-16(26)8-28-13-4-5-14(21)15(22)7-13/h4-5,7,12,17,23H,2-3,6,8-11H2,1H3,(H,24,26)(H,25,27). The Morgan fingerprint density at radius 2 is 1.89 bits per heavy atom. The van der Waals surface area contributed by atoms with Crippen LogP contribution in [-0.4, -0.2) is 42.1 Å². The first kappa shape index (κ1) is 19.8. The number of hydrogen-bond donors (Lipinski definition) is 3. The Balaban J connectivity index is 1.21. The summed E-state index contributed by atoms with van der Waals surface area (Å²) in [6.07, 6.45) is 4.55. The Labute approximate surface area is 174 Å². The first-order valence-electron chi connectivity index (χ1n) is 9.74. The van der Waals surface area contributed by atoms with Gasteiger partial charge in [0.15, 0.2) is 6.61 Å². The maximum atomic E-state index is 12.6. The summed E-state index contributed by atoms with van der Waals surface area (Å²) in [5.74, 6) is 0.774. The molecule has 2 amide bonds. The fraction of sp³-hybridized carbons (Fsp3) is 0.600. The second kappa shape index (κ2) is 7.39. The van der Waals surface area contributed by atoms with Gasteiger partial charge < -0.3 is 20.7 Å². The first-order valence-corrected chi connectivity index (χ1v) is 10.5. The van der Waals surface area contributed by atoms with Crippen molar-refractivity contribution in [2.45, 2.75) is 56.1 Å². The number of amides is 2. The molecule has 1 heterocycles. The third kappa shape index (κ3) is 3.82. The lowest BCUT2D eigenvalue weighted by atomic mass is 9.44. The number of carbonyl (C=O) groups is 2. The van der Waals surface area contributed by atoms with Crippen molar-refractivity contribution >= 4 is 35.0 Å². The highest BCUT2D eigenvalue weighted by molar-refractivity contribution is 6.42. The van der Waals surface area contributed by atoms with Crippen LogP contribution in [0, 0.1) is 5.92 Å². The minimum absolute atomic E-state index is 0.0808. The number of carbonyl (C=O) groups excluding carboxylic acids is 2. The average Bonchev–Trinajstić information content (AvgIpc) is 2.60. The van der Waals surface area contributed by atoms with Crippen molar-refractivity contribution in [3.05, 3.63) is 28.2 Å². The van der Waals surface area contributed by atoms with E-state index in [0.29, 0.717) is 21.7 Å². The van der Waals surface area contributed by atoms with Gasteiger partial charge in [0.05, 0.1) is 16.1 Å². The molecule has 4 aliphatic rings. The summed E-state index contributed by atoms with van der Waals surface area (Å²) in [4.78, 5) is 24.8. The van der Waals surface area contributed by atoms with E-state index >= 15 is 0 Å². The molecule has 2 bridgehead atoms. The lowest BCUT2D eigenvalue weighted by Gasteiger charge is -2.70. The molecule has 3 aliphatic carbocycles. The van der Waals surface area contributed by atoms with Gasteiger partial charge in [0.1, 0.15) is 5.75 Å². The topological polar surface area (TPSA) is 79.5 Å². The van der Waals surface area contributed by atoms with Gasteiger partial charge in [0.2, 0.25) is 5.91 Å². The molecule has 2 atom stereocenters. The maximum Gasteiger partial charge on any atom is 0.258 e. The Morgan fingerprint density at radius 1 is 1.18 bits per heavy atom. The highest BCUT2D eigenvalue weighted by atomic mass is 35.5. The predicted octanol–water partition coefficient (Wildman–Crippen LogP) is 2.67. The third-order valence-electron chi connectivity index (χ3n) is 6.14. The summed E-state index contributed by atoms with van der Waals surface area (Å²) < 4.78 is 5.48. The number of hydrogen-bond acceptors (Lipinski definition) is 4. The minimum Gasteiger partial charge on any atom is -0.484 e.